The number of aromatic nitrogens is 3. The Morgan fingerprint density at radius 2 is 2.19 bits per heavy atom. The highest BCUT2D eigenvalue weighted by atomic mass is 16.5. The first-order chi connectivity index (χ1) is 7.85. The van der Waals surface area contributed by atoms with Crippen molar-refractivity contribution in [2.45, 2.75) is 6.54 Å². The van der Waals surface area contributed by atoms with E-state index >= 15 is 0 Å². The lowest BCUT2D eigenvalue weighted by Crippen LogP contribution is -2.05. The predicted molar refractivity (Wildman–Crippen MR) is 60.7 cm³/mol. The molecule has 0 radical (unpaired) electrons. The second-order valence-electron chi connectivity index (χ2n) is 3.36. The van der Waals surface area contributed by atoms with Crippen LogP contribution in [0.2, 0.25) is 0 Å². The van der Waals surface area contributed by atoms with Crippen molar-refractivity contribution in [3.8, 4) is 11.4 Å². The van der Waals surface area contributed by atoms with Crippen molar-refractivity contribution in [3.63, 3.8) is 0 Å². The summed E-state index contributed by atoms with van der Waals surface area (Å²) in [6.07, 6.45) is 1.88. The zero-order valence-corrected chi connectivity index (χ0v) is 9.34. The van der Waals surface area contributed by atoms with Gasteiger partial charge < -0.3 is 10.1 Å². The van der Waals surface area contributed by atoms with Crippen molar-refractivity contribution in [1.29, 1.82) is 0 Å². The van der Waals surface area contributed by atoms with Gasteiger partial charge in [-0.05, 0) is 19.2 Å². The van der Waals surface area contributed by atoms with E-state index in [4.69, 9.17) is 4.74 Å². The lowest BCUT2D eigenvalue weighted by Gasteiger charge is -2.06. The molecule has 16 heavy (non-hydrogen) atoms. The van der Waals surface area contributed by atoms with Crippen molar-refractivity contribution in [3.05, 3.63) is 36.2 Å². The zero-order valence-electron chi connectivity index (χ0n) is 9.34. The average Bonchev–Trinajstić information content (AvgIpc) is 2.78. The van der Waals surface area contributed by atoms with Gasteiger partial charge in [-0.3, -0.25) is 0 Å². The molecule has 0 saturated heterocycles. The third-order valence-electron chi connectivity index (χ3n) is 2.23. The molecule has 1 aromatic carbocycles. The van der Waals surface area contributed by atoms with Gasteiger partial charge in [-0.1, -0.05) is 17.3 Å². The minimum atomic E-state index is 0.704. The highest BCUT2D eigenvalue weighted by Crippen LogP contribution is 2.20. The number of hydrogen-bond acceptors (Lipinski definition) is 4. The molecule has 0 aliphatic heterocycles. The number of para-hydroxylation sites is 2. The van der Waals surface area contributed by atoms with Gasteiger partial charge in [0.25, 0.3) is 0 Å². The molecule has 0 saturated carbocycles. The fourth-order valence-corrected chi connectivity index (χ4v) is 1.50. The first kappa shape index (κ1) is 10.6. The van der Waals surface area contributed by atoms with Gasteiger partial charge >= 0.3 is 0 Å². The lowest BCUT2D eigenvalue weighted by molar-refractivity contribution is 0.411. The molecule has 84 valence electrons. The van der Waals surface area contributed by atoms with Gasteiger partial charge in [0.15, 0.2) is 0 Å². The van der Waals surface area contributed by atoms with Crippen LogP contribution < -0.4 is 10.1 Å². The normalized spacial score (nSPS) is 10.4. The molecule has 0 atom stereocenters. The molecule has 0 unspecified atom stereocenters. The van der Waals surface area contributed by atoms with Crippen molar-refractivity contribution in [2.24, 2.45) is 0 Å². The third-order valence-corrected chi connectivity index (χ3v) is 2.23. The molecule has 0 fully saturated rings. The van der Waals surface area contributed by atoms with E-state index in [1.807, 2.05) is 37.5 Å². The maximum atomic E-state index is 5.26. The molecule has 2 rings (SSSR count). The van der Waals surface area contributed by atoms with Gasteiger partial charge in [-0.15, -0.1) is 5.10 Å². The van der Waals surface area contributed by atoms with Gasteiger partial charge in [0.2, 0.25) is 0 Å². The van der Waals surface area contributed by atoms with Crippen molar-refractivity contribution in [1.82, 2.24) is 20.3 Å². The fourth-order valence-electron chi connectivity index (χ4n) is 1.50. The first-order valence-corrected chi connectivity index (χ1v) is 5.04. The Labute approximate surface area is 94.0 Å². The van der Waals surface area contributed by atoms with Gasteiger partial charge in [0, 0.05) is 6.54 Å². The highest BCUT2D eigenvalue weighted by Gasteiger charge is 2.06. The van der Waals surface area contributed by atoms with Crippen molar-refractivity contribution in [2.75, 3.05) is 14.2 Å². The molecule has 1 N–H and O–H groups in total. The molecule has 2 aromatic rings. The number of hydrogen-bond donors (Lipinski definition) is 1. The van der Waals surface area contributed by atoms with Crippen LogP contribution in [-0.4, -0.2) is 29.2 Å². The largest absolute Gasteiger partial charge is 0.494 e. The summed E-state index contributed by atoms with van der Waals surface area (Å²) in [5, 5.41) is 11.1. The Morgan fingerprint density at radius 3 is 2.94 bits per heavy atom. The van der Waals surface area contributed by atoms with Crippen molar-refractivity contribution < 1.29 is 4.74 Å². The van der Waals surface area contributed by atoms with Gasteiger partial charge in [-0.2, -0.15) is 0 Å². The molecule has 5 nitrogen and oxygen atoms in total. The van der Waals surface area contributed by atoms with Crippen LogP contribution in [0.5, 0.6) is 5.75 Å². The Balaban J connectivity index is 2.34. The summed E-state index contributed by atoms with van der Waals surface area (Å²) >= 11 is 0. The summed E-state index contributed by atoms with van der Waals surface area (Å²) in [4.78, 5) is 0. The first-order valence-electron chi connectivity index (χ1n) is 5.04. The van der Waals surface area contributed by atoms with Crippen LogP contribution in [0.15, 0.2) is 30.5 Å². The van der Waals surface area contributed by atoms with Crippen LogP contribution in [0, 0.1) is 0 Å². The molecule has 5 heteroatoms. The summed E-state index contributed by atoms with van der Waals surface area (Å²) in [5.74, 6) is 0.781. The van der Waals surface area contributed by atoms with Crippen molar-refractivity contribution >= 4 is 0 Å². The minimum absolute atomic E-state index is 0.704. The molecule has 1 aromatic heterocycles. The SMILES string of the molecule is CNCc1cn(-c2ccccc2OC)nn1. The average molecular weight is 218 g/mol. The Kier molecular flexibility index (Phi) is 3.16. The number of nitrogens with one attached hydrogen (secondary N) is 1. The maximum Gasteiger partial charge on any atom is 0.144 e. The summed E-state index contributed by atoms with van der Waals surface area (Å²) in [6.45, 7) is 0.704. The smallest absolute Gasteiger partial charge is 0.144 e. The van der Waals surface area contributed by atoms with Crippen LogP contribution >= 0.6 is 0 Å². The van der Waals surface area contributed by atoms with E-state index < -0.39 is 0 Å². The van der Waals surface area contributed by atoms with Crippen LogP contribution in [0.25, 0.3) is 5.69 Å². The third kappa shape index (κ3) is 2.04. The topological polar surface area (TPSA) is 52.0 Å². The summed E-state index contributed by atoms with van der Waals surface area (Å²) in [6, 6.07) is 7.70. The Bertz CT molecular complexity index is 467. The quantitative estimate of drug-likeness (QED) is 0.831. The lowest BCUT2D eigenvalue weighted by atomic mass is 10.3. The molecule has 1 heterocycles. The van der Waals surface area contributed by atoms with E-state index in [1.165, 1.54) is 0 Å². The highest BCUT2D eigenvalue weighted by molar-refractivity contribution is 5.45. The maximum absolute atomic E-state index is 5.26. The Hall–Kier alpha value is -1.88. The molecule has 0 bridgehead atoms. The van der Waals surface area contributed by atoms with E-state index in [-0.39, 0.29) is 0 Å². The molecular weight excluding hydrogens is 204 g/mol. The number of rotatable bonds is 4. The molecule has 0 spiro atoms. The standard InChI is InChI=1S/C11H14N4O/c1-12-7-9-8-15(14-13-9)10-5-3-4-6-11(10)16-2/h3-6,8,12H,7H2,1-2H3. The number of ether oxygens (including phenoxy) is 1. The number of nitrogens with zero attached hydrogens (tertiary/aromatic N) is 3. The van der Waals surface area contributed by atoms with E-state index in [9.17, 15) is 0 Å². The summed E-state index contributed by atoms with van der Waals surface area (Å²) in [5.41, 5.74) is 1.79. The molecular formula is C11H14N4O. The fraction of sp³-hybridized carbons (Fsp3) is 0.273. The zero-order chi connectivity index (χ0) is 11.4. The molecule has 0 aliphatic carbocycles. The number of methoxy groups -OCH3 is 1. The van der Waals surface area contributed by atoms with Gasteiger partial charge in [-0.25, -0.2) is 4.68 Å². The van der Waals surface area contributed by atoms with E-state index in [0.29, 0.717) is 6.54 Å². The monoisotopic (exact) mass is 218 g/mol. The van der Waals surface area contributed by atoms with Crippen LogP contribution in [0.1, 0.15) is 5.69 Å². The van der Waals surface area contributed by atoms with Crippen LogP contribution in [0.4, 0.5) is 0 Å². The number of benzene rings is 1. The molecule has 0 aliphatic rings. The predicted octanol–water partition coefficient (Wildman–Crippen LogP) is 0.995. The van der Waals surface area contributed by atoms with E-state index in [2.05, 4.69) is 15.6 Å². The molecule has 0 amide bonds. The second-order valence-corrected chi connectivity index (χ2v) is 3.36. The Morgan fingerprint density at radius 1 is 1.38 bits per heavy atom. The van der Waals surface area contributed by atoms with E-state index in [1.54, 1.807) is 11.8 Å². The minimum Gasteiger partial charge on any atom is -0.494 e. The summed E-state index contributed by atoms with van der Waals surface area (Å²) in [7, 11) is 3.52. The van der Waals surface area contributed by atoms with Gasteiger partial charge in [0.05, 0.1) is 19.0 Å². The van der Waals surface area contributed by atoms with Crippen LogP contribution in [-0.2, 0) is 6.54 Å². The van der Waals surface area contributed by atoms with Crippen LogP contribution in [0.3, 0.4) is 0 Å². The van der Waals surface area contributed by atoms with E-state index in [0.717, 1.165) is 17.1 Å². The second kappa shape index (κ2) is 4.76. The van der Waals surface area contributed by atoms with Gasteiger partial charge in [0.1, 0.15) is 11.4 Å². The summed E-state index contributed by atoms with van der Waals surface area (Å²) < 4.78 is 6.98.